The summed E-state index contributed by atoms with van der Waals surface area (Å²) in [6.07, 6.45) is 8.23. The van der Waals surface area contributed by atoms with Gasteiger partial charge in [-0.3, -0.25) is 14.8 Å². The molecule has 1 unspecified atom stereocenters. The summed E-state index contributed by atoms with van der Waals surface area (Å²) in [5.41, 5.74) is 1.89. The van der Waals surface area contributed by atoms with Gasteiger partial charge in [0, 0.05) is 40.9 Å². The van der Waals surface area contributed by atoms with E-state index >= 15 is 0 Å². The fourth-order valence-corrected chi connectivity index (χ4v) is 3.57. The number of carbonyl (C=O) groups is 1. The van der Waals surface area contributed by atoms with Crippen LogP contribution in [0.25, 0.3) is 17.3 Å². The molecule has 0 saturated carbocycles. The highest BCUT2D eigenvalue weighted by Crippen LogP contribution is 2.38. The van der Waals surface area contributed by atoms with Gasteiger partial charge in [-0.2, -0.15) is 0 Å². The van der Waals surface area contributed by atoms with Crippen LogP contribution in [-0.4, -0.2) is 28.5 Å². The molecule has 4 rings (SSSR count). The lowest BCUT2D eigenvalue weighted by Gasteiger charge is -2.12. The van der Waals surface area contributed by atoms with Gasteiger partial charge in [0.15, 0.2) is 0 Å². The van der Waals surface area contributed by atoms with Crippen LogP contribution in [-0.2, 0) is 11.2 Å². The molecule has 1 atom stereocenters. The van der Waals surface area contributed by atoms with Crippen LogP contribution >= 0.6 is 11.3 Å². The number of ether oxygens (including phenoxy) is 1. The van der Waals surface area contributed by atoms with Crippen molar-refractivity contribution in [1.29, 1.82) is 0 Å². The van der Waals surface area contributed by atoms with Gasteiger partial charge in [0.2, 0.25) is 5.91 Å². The second-order valence-electron chi connectivity index (χ2n) is 6.07. The third kappa shape index (κ3) is 4.03. The molecule has 1 aliphatic heterocycles. The average molecular weight is 381 g/mol. The number of hydrogen-bond donors (Lipinski definition) is 1. The van der Waals surface area contributed by atoms with Gasteiger partial charge in [0.05, 0.1) is 18.4 Å². The molecule has 0 bridgehead atoms. The first-order chi connectivity index (χ1) is 13.2. The van der Waals surface area contributed by atoms with Gasteiger partial charge in [-0.25, -0.2) is 4.39 Å². The predicted molar refractivity (Wildman–Crippen MR) is 102 cm³/mol. The fraction of sp³-hybridized carbons (Fsp3) is 0.150. The van der Waals surface area contributed by atoms with Crippen molar-refractivity contribution in [2.24, 2.45) is 0 Å². The van der Waals surface area contributed by atoms with E-state index in [1.807, 2.05) is 17.5 Å². The van der Waals surface area contributed by atoms with Gasteiger partial charge in [-0.05, 0) is 29.7 Å². The van der Waals surface area contributed by atoms with Gasteiger partial charge >= 0.3 is 0 Å². The number of rotatable bonds is 5. The van der Waals surface area contributed by atoms with Gasteiger partial charge < -0.3 is 10.1 Å². The maximum atomic E-state index is 14.0. The number of amides is 1. The Bertz CT molecular complexity index is 974. The number of fused-ring (bicyclic) bond motifs is 1. The monoisotopic (exact) mass is 381 g/mol. The molecule has 7 heteroatoms. The highest BCUT2D eigenvalue weighted by atomic mass is 32.1. The molecule has 1 aliphatic rings. The number of aromatic nitrogens is 2. The molecule has 1 N–H and O–H groups in total. The van der Waals surface area contributed by atoms with Crippen molar-refractivity contribution in [3.8, 4) is 17.0 Å². The lowest BCUT2D eigenvalue weighted by atomic mass is 10.0. The Kier molecular flexibility index (Phi) is 4.93. The number of halogens is 1. The number of thiophene rings is 1. The van der Waals surface area contributed by atoms with Crippen molar-refractivity contribution in [3.63, 3.8) is 0 Å². The first-order valence-corrected chi connectivity index (χ1v) is 9.32. The summed E-state index contributed by atoms with van der Waals surface area (Å²) in [6.45, 7) is 0.337. The van der Waals surface area contributed by atoms with E-state index in [4.69, 9.17) is 4.74 Å². The van der Waals surface area contributed by atoms with Crippen molar-refractivity contribution in [2.45, 2.75) is 12.5 Å². The second-order valence-corrected chi connectivity index (χ2v) is 7.05. The van der Waals surface area contributed by atoms with Gasteiger partial charge in [0.1, 0.15) is 17.7 Å². The largest absolute Gasteiger partial charge is 0.487 e. The highest BCUT2D eigenvalue weighted by molar-refractivity contribution is 7.10. The minimum absolute atomic E-state index is 0.191. The molecular weight excluding hydrogens is 365 g/mol. The molecule has 5 nitrogen and oxygen atoms in total. The zero-order chi connectivity index (χ0) is 18.6. The lowest BCUT2D eigenvalue weighted by molar-refractivity contribution is -0.116. The van der Waals surface area contributed by atoms with E-state index in [1.165, 1.54) is 18.2 Å². The Balaban J connectivity index is 1.43. The maximum Gasteiger partial charge on any atom is 0.244 e. The van der Waals surface area contributed by atoms with Gasteiger partial charge in [-0.1, -0.05) is 6.07 Å². The molecule has 1 amide bonds. The topological polar surface area (TPSA) is 64.1 Å². The first kappa shape index (κ1) is 17.4. The second kappa shape index (κ2) is 7.67. The Morgan fingerprint density at radius 2 is 2.33 bits per heavy atom. The number of benzene rings is 1. The maximum absolute atomic E-state index is 14.0. The van der Waals surface area contributed by atoms with Crippen LogP contribution in [0.3, 0.4) is 0 Å². The van der Waals surface area contributed by atoms with Crippen LogP contribution in [0.2, 0.25) is 0 Å². The minimum atomic E-state index is -0.346. The number of carbonyl (C=O) groups excluding carboxylic acids is 1. The summed E-state index contributed by atoms with van der Waals surface area (Å²) < 4.78 is 20.0. The molecule has 0 fully saturated rings. The first-order valence-electron chi connectivity index (χ1n) is 8.44. The zero-order valence-corrected chi connectivity index (χ0v) is 15.1. The van der Waals surface area contributed by atoms with E-state index in [1.54, 1.807) is 36.0 Å². The summed E-state index contributed by atoms with van der Waals surface area (Å²) in [5, 5.41) is 4.78. The van der Waals surface area contributed by atoms with E-state index in [0.29, 0.717) is 30.0 Å². The lowest BCUT2D eigenvalue weighted by Crippen LogP contribution is -2.33. The zero-order valence-electron chi connectivity index (χ0n) is 14.3. The molecule has 1 aromatic carbocycles. The average Bonchev–Trinajstić information content (AvgIpc) is 3.34. The van der Waals surface area contributed by atoms with E-state index in [9.17, 15) is 9.18 Å². The summed E-state index contributed by atoms with van der Waals surface area (Å²) >= 11 is 1.56. The summed E-state index contributed by atoms with van der Waals surface area (Å²) in [5.74, 6) is 0.0649. The summed E-state index contributed by atoms with van der Waals surface area (Å²) in [7, 11) is 0. The molecule has 3 aromatic rings. The quantitative estimate of drug-likeness (QED) is 0.688. The standard InChI is InChI=1S/C20H16FN3O2S/c21-14-8-13-9-15(11-24-19(25)4-3-16-2-1-7-27-16)26-20(13)17(10-14)18-12-22-5-6-23-18/h1-8,10,12,15H,9,11H2,(H,24,25)/b4-3+. The molecule has 0 aliphatic carbocycles. The Hall–Kier alpha value is -3.06. The van der Waals surface area contributed by atoms with Crippen LogP contribution in [0.5, 0.6) is 5.75 Å². The Morgan fingerprint density at radius 1 is 1.41 bits per heavy atom. The van der Waals surface area contributed by atoms with Gasteiger partial charge in [0.25, 0.3) is 0 Å². The van der Waals surface area contributed by atoms with Crippen molar-refractivity contribution in [1.82, 2.24) is 15.3 Å². The van der Waals surface area contributed by atoms with E-state index in [-0.39, 0.29) is 17.8 Å². The number of hydrogen-bond acceptors (Lipinski definition) is 5. The molecule has 0 radical (unpaired) electrons. The number of nitrogens with zero attached hydrogens (tertiary/aromatic N) is 2. The summed E-state index contributed by atoms with van der Waals surface area (Å²) in [6, 6.07) is 6.73. The van der Waals surface area contributed by atoms with E-state index in [0.717, 1.165) is 10.4 Å². The molecule has 27 heavy (non-hydrogen) atoms. The third-order valence-electron chi connectivity index (χ3n) is 4.15. The predicted octanol–water partition coefficient (Wildman–Crippen LogP) is 3.48. The van der Waals surface area contributed by atoms with Crippen molar-refractivity contribution < 1.29 is 13.9 Å². The molecule has 3 heterocycles. The molecule has 136 valence electrons. The normalized spacial score (nSPS) is 15.5. The SMILES string of the molecule is O=C(/C=C/c1cccs1)NCC1Cc2cc(F)cc(-c3cnccn3)c2O1. The van der Waals surface area contributed by atoms with Crippen LogP contribution < -0.4 is 10.1 Å². The fourth-order valence-electron chi connectivity index (χ4n) is 2.95. The minimum Gasteiger partial charge on any atom is -0.487 e. The van der Waals surface area contributed by atoms with E-state index < -0.39 is 0 Å². The molecule has 2 aromatic heterocycles. The van der Waals surface area contributed by atoms with Crippen LogP contribution in [0, 0.1) is 5.82 Å². The number of nitrogens with one attached hydrogen (secondary N) is 1. The van der Waals surface area contributed by atoms with E-state index in [2.05, 4.69) is 15.3 Å². The Morgan fingerprint density at radius 3 is 3.11 bits per heavy atom. The van der Waals surface area contributed by atoms with Crippen LogP contribution in [0.4, 0.5) is 4.39 Å². The smallest absolute Gasteiger partial charge is 0.244 e. The van der Waals surface area contributed by atoms with Crippen LogP contribution in [0.1, 0.15) is 10.4 Å². The van der Waals surface area contributed by atoms with Crippen molar-refractivity contribution >= 4 is 23.3 Å². The summed E-state index contributed by atoms with van der Waals surface area (Å²) in [4.78, 5) is 21.3. The molecule has 0 spiro atoms. The van der Waals surface area contributed by atoms with Gasteiger partial charge in [-0.15, -0.1) is 11.3 Å². The van der Waals surface area contributed by atoms with Crippen molar-refractivity contribution in [3.05, 3.63) is 70.6 Å². The molecule has 0 saturated heterocycles. The third-order valence-corrected chi connectivity index (χ3v) is 4.99. The Labute approximate surface area is 159 Å². The van der Waals surface area contributed by atoms with Crippen molar-refractivity contribution in [2.75, 3.05) is 6.54 Å². The van der Waals surface area contributed by atoms with Crippen LogP contribution in [0.15, 0.2) is 54.3 Å². The molecular formula is C20H16FN3O2S. The highest BCUT2D eigenvalue weighted by Gasteiger charge is 2.27.